The molecule has 19 heavy (non-hydrogen) atoms. The molecule has 1 heterocycles. The van der Waals surface area contributed by atoms with Gasteiger partial charge in [-0.25, -0.2) is 9.48 Å². The Hall–Kier alpha value is -2.90. The van der Waals surface area contributed by atoms with Gasteiger partial charge in [-0.05, 0) is 12.1 Å². The molecule has 0 amide bonds. The zero-order valence-electron chi connectivity index (χ0n) is 9.59. The van der Waals surface area contributed by atoms with E-state index in [1.165, 1.54) is 0 Å². The smallest absolute Gasteiger partial charge is 0.363 e. The number of aromatic carboxylic acids is 1. The van der Waals surface area contributed by atoms with Crippen LogP contribution in [-0.2, 0) is 6.73 Å². The van der Waals surface area contributed by atoms with Crippen LogP contribution in [0.3, 0.4) is 0 Å². The molecule has 0 saturated heterocycles. The Kier molecular flexibility index (Phi) is 3.42. The van der Waals surface area contributed by atoms with Gasteiger partial charge in [-0.2, -0.15) is 5.10 Å². The number of para-hydroxylation sites is 1. The van der Waals surface area contributed by atoms with Crippen LogP contribution in [0.2, 0.25) is 0 Å². The van der Waals surface area contributed by atoms with Crippen LogP contribution < -0.4 is 4.74 Å². The van der Waals surface area contributed by atoms with Crippen LogP contribution in [0.25, 0.3) is 0 Å². The molecule has 1 N–H and O–H groups in total. The van der Waals surface area contributed by atoms with Gasteiger partial charge in [0.2, 0.25) is 5.69 Å². The number of carboxylic acid groups (broad SMARTS) is 1. The normalized spacial score (nSPS) is 10.1. The molecule has 0 aliphatic carbocycles. The summed E-state index contributed by atoms with van der Waals surface area (Å²) >= 11 is 0. The Bertz CT molecular complexity index is 577. The highest BCUT2D eigenvalue weighted by molar-refractivity contribution is 5.89. The summed E-state index contributed by atoms with van der Waals surface area (Å²) < 4.78 is 6.37. The first-order valence-corrected chi connectivity index (χ1v) is 5.21. The van der Waals surface area contributed by atoms with E-state index in [0.717, 1.165) is 10.9 Å². The third-order valence-corrected chi connectivity index (χ3v) is 2.25. The number of ether oxygens (including phenoxy) is 1. The maximum atomic E-state index is 10.8. The average Bonchev–Trinajstić information content (AvgIpc) is 2.82. The Morgan fingerprint density at radius 1 is 1.42 bits per heavy atom. The lowest BCUT2D eigenvalue weighted by atomic mass is 10.3. The molecular formula is C11H9N3O5. The van der Waals surface area contributed by atoms with E-state index in [2.05, 4.69) is 5.10 Å². The average molecular weight is 263 g/mol. The highest BCUT2D eigenvalue weighted by atomic mass is 16.6. The summed E-state index contributed by atoms with van der Waals surface area (Å²) in [6.45, 7) is -0.113. The highest BCUT2D eigenvalue weighted by Gasteiger charge is 2.25. The molecule has 0 bridgehead atoms. The van der Waals surface area contributed by atoms with Crippen LogP contribution in [0.4, 0.5) is 5.69 Å². The van der Waals surface area contributed by atoms with E-state index >= 15 is 0 Å². The molecule has 0 fully saturated rings. The van der Waals surface area contributed by atoms with E-state index in [-0.39, 0.29) is 6.73 Å². The number of aromatic nitrogens is 2. The molecule has 0 aliphatic rings. The van der Waals surface area contributed by atoms with Crippen molar-refractivity contribution in [2.45, 2.75) is 6.73 Å². The second-order valence-electron chi connectivity index (χ2n) is 3.55. The second-order valence-corrected chi connectivity index (χ2v) is 3.55. The lowest BCUT2D eigenvalue weighted by Crippen LogP contribution is -2.07. The zero-order chi connectivity index (χ0) is 13.8. The number of hydrogen-bond donors (Lipinski definition) is 1. The Balaban J connectivity index is 2.15. The molecule has 8 heteroatoms. The highest BCUT2D eigenvalue weighted by Crippen LogP contribution is 2.17. The molecule has 0 atom stereocenters. The lowest BCUT2D eigenvalue weighted by molar-refractivity contribution is -0.385. The van der Waals surface area contributed by atoms with Gasteiger partial charge >= 0.3 is 11.7 Å². The molecule has 0 saturated carbocycles. The van der Waals surface area contributed by atoms with Gasteiger partial charge in [0.1, 0.15) is 11.9 Å². The lowest BCUT2D eigenvalue weighted by Gasteiger charge is -2.04. The van der Waals surface area contributed by atoms with E-state index < -0.39 is 22.3 Å². The van der Waals surface area contributed by atoms with E-state index in [9.17, 15) is 14.9 Å². The predicted octanol–water partition coefficient (Wildman–Crippen LogP) is 1.53. The minimum absolute atomic E-state index is 0.113. The number of carboxylic acids is 1. The zero-order valence-corrected chi connectivity index (χ0v) is 9.59. The summed E-state index contributed by atoms with van der Waals surface area (Å²) in [6, 6.07) is 8.76. The number of hydrogen-bond acceptors (Lipinski definition) is 5. The monoisotopic (exact) mass is 263 g/mol. The minimum Gasteiger partial charge on any atom is -0.476 e. The van der Waals surface area contributed by atoms with Crippen molar-refractivity contribution in [1.82, 2.24) is 9.78 Å². The Morgan fingerprint density at radius 3 is 2.63 bits per heavy atom. The van der Waals surface area contributed by atoms with E-state index in [0.29, 0.717) is 5.75 Å². The molecule has 0 radical (unpaired) electrons. The van der Waals surface area contributed by atoms with Gasteiger partial charge in [-0.1, -0.05) is 18.2 Å². The van der Waals surface area contributed by atoms with Gasteiger partial charge < -0.3 is 9.84 Å². The van der Waals surface area contributed by atoms with Crippen molar-refractivity contribution in [2.24, 2.45) is 0 Å². The number of carbonyl (C=O) groups is 1. The van der Waals surface area contributed by atoms with Crippen molar-refractivity contribution in [3.8, 4) is 5.75 Å². The van der Waals surface area contributed by atoms with Crippen molar-refractivity contribution in [3.63, 3.8) is 0 Å². The van der Waals surface area contributed by atoms with Crippen molar-refractivity contribution in [3.05, 3.63) is 52.3 Å². The standard InChI is InChI=1S/C11H9N3O5/c15-11(16)10-9(14(17)18)6-13(12-10)7-19-8-4-2-1-3-5-8/h1-6H,7H2,(H,15,16). The number of nitrogens with zero attached hydrogens (tertiary/aromatic N) is 3. The van der Waals surface area contributed by atoms with Crippen molar-refractivity contribution in [1.29, 1.82) is 0 Å². The number of nitro groups is 1. The largest absolute Gasteiger partial charge is 0.476 e. The molecule has 2 rings (SSSR count). The summed E-state index contributed by atoms with van der Waals surface area (Å²) in [5.41, 5.74) is -1.18. The quantitative estimate of drug-likeness (QED) is 0.647. The van der Waals surface area contributed by atoms with Gasteiger partial charge in [0, 0.05) is 0 Å². The predicted molar refractivity (Wildman–Crippen MR) is 62.9 cm³/mol. The van der Waals surface area contributed by atoms with Crippen LogP contribution >= 0.6 is 0 Å². The Morgan fingerprint density at radius 2 is 2.11 bits per heavy atom. The Labute approximate surface area is 107 Å². The molecule has 0 unspecified atom stereocenters. The van der Waals surface area contributed by atoms with Gasteiger partial charge in [0.25, 0.3) is 0 Å². The maximum absolute atomic E-state index is 10.8. The minimum atomic E-state index is -1.45. The topological polar surface area (TPSA) is 107 Å². The summed E-state index contributed by atoms with van der Waals surface area (Å²) in [6.07, 6.45) is 1.02. The van der Waals surface area contributed by atoms with Crippen molar-refractivity contribution < 1.29 is 19.6 Å². The summed E-state index contributed by atoms with van der Waals surface area (Å²) in [4.78, 5) is 20.7. The molecule has 1 aromatic carbocycles. The van der Waals surface area contributed by atoms with Crippen LogP contribution in [0.15, 0.2) is 36.5 Å². The van der Waals surface area contributed by atoms with E-state index in [1.807, 2.05) is 6.07 Å². The fourth-order valence-corrected chi connectivity index (χ4v) is 1.42. The van der Waals surface area contributed by atoms with Crippen LogP contribution in [0.5, 0.6) is 5.75 Å². The molecule has 1 aromatic heterocycles. The molecular weight excluding hydrogens is 254 g/mol. The van der Waals surface area contributed by atoms with Crippen molar-refractivity contribution in [2.75, 3.05) is 0 Å². The third kappa shape index (κ3) is 2.86. The molecule has 2 aromatic rings. The summed E-state index contributed by atoms with van der Waals surface area (Å²) in [7, 11) is 0. The number of benzene rings is 1. The second kappa shape index (κ2) is 5.17. The third-order valence-electron chi connectivity index (χ3n) is 2.25. The maximum Gasteiger partial charge on any atom is 0.363 e. The fourth-order valence-electron chi connectivity index (χ4n) is 1.42. The van der Waals surface area contributed by atoms with Gasteiger partial charge in [0.05, 0.1) is 4.92 Å². The number of rotatable bonds is 5. The van der Waals surface area contributed by atoms with Gasteiger partial charge in [-0.3, -0.25) is 10.1 Å². The fraction of sp³-hybridized carbons (Fsp3) is 0.0909. The SMILES string of the molecule is O=C(O)c1nn(COc2ccccc2)cc1[N+](=O)[O-]. The van der Waals surface area contributed by atoms with Gasteiger partial charge in [0.15, 0.2) is 6.73 Å². The van der Waals surface area contributed by atoms with Crippen LogP contribution in [0.1, 0.15) is 10.5 Å². The summed E-state index contributed by atoms with van der Waals surface area (Å²) in [5, 5.41) is 23.1. The van der Waals surface area contributed by atoms with E-state index in [4.69, 9.17) is 9.84 Å². The van der Waals surface area contributed by atoms with Crippen LogP contribution in [-0.4, -0.2) is 25.8 Å². The first-order chi connectivity index (χ1) is 9.08. The van der Waals surface area contributed by atoms with Crippen LogP contribution in [0, 0.1) is 10.1 Å². The molecule has 0 spiro atoms. The van der Waals surface area contributed by atoms with Crippen molar-refractivity contribution >= 4 is 11.7 Å². The van der Waals surface area contributed by atoms with Gasteiger partial charge in [-0.15, -0.1) is 0 Å². The first-order valence-electron chi connectivity index (χ1n) is 5.21. The van der Waals surface area contributed by atoms with E-state index in [1.54, 1.807) is 24.3 Å². The molecule has 0 aliphatic heterocycles. The summed E-state index contributed by atoms with van der Waals surface area (Å²) in [5.74, 6) is -0.900. The molecule has 8 nitrogen and oxygen atoms in total. The molecule has 98 valence electrons. The first kappa shape index (κ1) is 12.6.